The number of methoxy groups -OCH3 is 2. The molecule has 24 heavy (non-hydrogen) atoms. The normalized spacial score (nSPS) is 11.6. The molecule has 1 N–H and O–H groups in total. The van der Waals surface area contributed by atoms with Crippen molar-refractivity contribution in [3.63, 3.8) is 0 Å². The zero-order valence-corrected chi connectivity index (χ0v) is 14.1. The fraction of sp³-hybridized carbons (Fsp3) is 0.333. The van der Waals surface area contributed by atoms with Crippen LogP contribution in [0.4, 0.5) is 0 Å². The molecule has 1 aromatic heterocycles. The van der Waals surface area contributed by atoms with Gasteiger partial charge in [-0.3, -0.25) is 4.79 Å². The summed E-state index contributed by atoms with van der Waals surface area (Å²) in [7, 11) is 3.20. The number of carbonyl (C=O) groups excluding carboxylic acids is 1. The van der Waals surface area contributed by atoms with E-state index in [1.165, 1.54) is 0 Å². The van der Waals surface area contributed by atoms with E-state index in [-0.39, 0.29) is 12.0 Å². The van der Waals surface area contributed by atoms with Crippen molar-refractivity contribution in [2.45, 2.75) is 13.0 Å². The molecule has 2 aromatic rings. The Morgan fingerprint density at radius 2 is 2.00 bits per heavy atom. The molecule has 0 bridgehead atoms. The van der Waals surface area contributed by atoms with Crippen molar-refractivity contribution < 1.29 is 19.0 Å². The van der Waals surface area contributed by atoms with Gasteiger partial charge in [-0.25, -0.2) is 4.98 Å². The van der Waals surface area contributed by atoms with Gasteiger partial charge in [-0.2, -0.15) is 0 Å². The predicted molar refractivity (Wildman–Crippen MR) is 90.5 cm³/mol. The third-order valence-corrected chi connectivity index (χ3v) is 3.52. The van der Waals surface area contributed by atoms with Crippen LogP contribution in [0.2, 0.25) is 0 Å². The fourth-order valence-corrected chi connectivity index (χ4v) is 2.35. The second-order valence-electron chi connectivity index (χ2n) is 4.97. The van der Waals surface area contributed by atoms with Crippen molar-refractivity contribution in [2.24, 2.45) is 0 Å². The summed E-state index contributed by atoms with van der Waals surface area (Å²) in [6.07, 6.45) is 1.27. The van der Waals surface area contributed by atoms with Gasteiger partial charge < -0.3 is 19.5 Å². The Morgan fingerprint density at radius 1 is 1.21 bits per heavy atom. The molecule has 1 unspecified atom stereocenters. The third-order valence-electron chi connectivity index (χ3n) is 3.52. The molecule has 0 saturated carbocycles. The van der Waals surface area contributed by atoms with Gasteiger partial charge in [0.2, 0.25) is 5.88 Å². The van der Waals surface area contributed by atoms with E-state index >= 15 is 0 Å². The van der Waals surface area contributed by atoms with Crippen molar-refractivity contribution in [1.82, 2.24) is 10.3 Å². The number of benzene rings is 1. The lowest BCUT2D eigenvalue weighted by Crippen LogP contribution is -2.29. The Bertz CT molecular complexity index is 676. The SMILES string of the molecule is CCOc1ncccc1C(=O)NCC(OC)c1ccccc1OC. The number of hydrogen-bond acceptors (Lipinski definition) is 5. The minimum Gasteiger partial charge on any atom is -0.496 e. The summed E-state index contributed by atoms with van der Waals surface area (Å²) in [6, 6.07) is 10.9. The number of aromatic nitrogens is 1. The lowest BCUT2D eigenvalue weighted by atomic mass is 10.1. The molecular weight excluding hydrogens is 308 g/mol. The van der Waals surface area contributed by atoms with E-state index in [0.717, 1.165) is 11.3 Å². The van der Waals surface area contributed by atoms with Crippen LogP contribution < -0.4 is 14.8 Å². The first-order chi connectivity index (χ1) is 11.7. The summed E-state index contributed by atoms with van der Waals surface area (Å²) in [4.78, 5) is 16.5. The van der Waals surface area contributed by atoms with Crippen molar-refractivity contribution >= 4 is 5.91 Å². The molecule has 0 aliphatic heterocycles. The Morgan fingerprint density at radius 3 is 2.71 bits per heavy atom. The van der Waals surface area contributed by atoms with Crippen LogP contribution in [-0.2, 0) is 4.74 Å². The second-order valence-corrected chi connectivity index (χ2v) is 4.97. The zero-order chi connectivity index (χ0) is 17.4. The summed E-state index contributed by atoms with van der Waals surface area (Å²) in [5.41, 5.74) is 1.27. The van der Waals surface area contributed by atoms with E-state index < -0.39 is 0 Å². The van der Waals surface area contributed by atoms with Crippen molar-refractivity contribution in [2.75, 3.05) is 27.4 Å². The molecule has 6 heteroatoms. The first-order valence-corrected chi connectivity index (χ1v) is 7.73. The molecule has 0 aliphatic carbocycles. The summed E-state index contributed by atoms with van der Waals surface area (Å²) < 4.78 is 16.2. The molecular formula is C18H22N2O4. The maximum absolute atomic E-state index is 12.4. The summed E-state index contributed by atoms with van der Waals surface area (Å²) in [6.45, 7) is 2.59. The minimum absolute atomic E-state index is 0.261. The average Bonchev–Trinajstić information content (AvgIpc) is 2.63. The van der Waals surface area contributed by atoms with Gasteiger partial charge in [0.15, 0.2) is 0 Å². The van der Waals surface area contributed by atoms with Crippen LogP contribution in [0.15, 0.2) is 42.6 Å². The van der Waals surface area contributed by atoms with Crippen LogP contribution in [0.5, 0.6) is 11.6 Å². The number of nitrogens with one attached hydrogen (secondary N) is 1. The minimum atomic E-state index is -0.322. The first-order valence-electron chi connectivity index (χ1n) is 7.73. The first kappa shape index (κ1) is 17.7. The topological polar surface area (TPSA) is 69.7 Å². The van der Waals surface area contributed by atoms with Gasteiger partial charge in [0, 0.05) is 25.4 Å². The maximum atomic E-state index is 12.4. The molecule has 0 fully saturated rings. The molecule has 1 amide bonds. The number of nitrogens with zero attached hydrogens (tertiary/aromatic N) is 1. The smallest absolute Gasteiger partial charge is 0.256 e. The Balaban J connectivity index is 2.09. The number of hydrogen-bond donors (Lipinski definition) is 1. The number of para-hydroxylation sites is 1. The molecule has 0 saturated heterocycles. The van der Waals surface area contributed by atoms with Gasteiger partial charge in [-0.1, -0.05) is 18.2 Å². The van der Waals surface area contributed by atoms with E-state index in [9.17, 15) is 4.79 Å². The Hall–Kier alpha value is -2.60. The molecule has 0 spiro atoms. The van der Waals surface area contributed by atoms with Gasteiger partial charge in [0.1, 0.15) is 17.4 Å². The van der Waals surface area contributed by atoms with Crippen LogP contribution in [0.1, 0.15) is 28.9 Å². The molecule has 1 atom stereocenters. The van der Waals surface area contributed by atoms with Crippen molar-refractivity contribution in [3.05, 3.63) is 53.7 Å². The number of pyridine rings is 1. The standard InChI is InChI=1S/C18H22N2O4/c1-4-24-18-14(9-7-11-19-18)17(21)20-12-16(23-3)13-8-5-6-10-15(13)22-2/h5-11,16H,4,12H2,1-3H3,(H,20,21). The zero-order valence-electron chi connectivity index (χ0n) is 14.1. The molecule has 0 aliphatic rings. The van der Waals surface area contributed by atoms with Gasteiger partial charge in [0.05, 0.1) is 13.7 Å². The lowest BCUT2D eigenvalue weighted by molar-refractivity contribution is 0.0816. The highest BCUT2D eigenvalue weighted by Crippen LogP contribution is 2.26. The molecule has 2 rings (SSSR count). The molecule has 1 heterocycles. The number of carbonyl (C=O) groups is 1. The van der Waals surface area contributed by atoms with E-state index in [1.807, 2.05) is 31.2 Å². The summed E-state index contributed by atoms with van der Waals surface area (Å²) >= 11 is 0. The quantitative estimate of drug-likeness (QED) is 0.806. The second kappa shape index (κ2) is 8.88. The molecule has 6 nitrogen and oxygen atoms in total. The van der Waals surface area contributed by atoms with Crippen LogP contribution in [0.25, 0.3) is 0 Å². The number of ether oxygens (including phenoxy) is 3. The van der Waals surface area contributed by atoms with E-state index in [0.29, 0.717) is 24.6 Å². The van der Waals surface area contributed by atoms with Crippen LogP contribution in [-0.4, -0.2) is 38.3 Å². The van der Waals surface area contributed by atoms with Crippen molar-refractivity contribution in [1.29, 1.82) is 0 Å². The van der Waals surface area contributed by atoms with Gasteiger partial charge in [0.25, 0.3) is 5.91 Å². The largest absolute Gasteiger partial charge is 0.496 e. The highest BCUT2D eigenvalue weighted by Gasteiger charge is 2.18. The number of rotatable bonds is 8. The van der Waals surface area contributed by atoms with Crippen LogP contribution in [0.3, 0.4) is 0 Å². The van der Waals surface area contributed by atoms with Crippen LogP contribution in [0, 0.1) is 0 Å². The van der Waals surface area contributed by atoms with Crippen LogP contribution >= 0.6 is 0 Å². The Kier molecular flexibility index (Phi) is 6.57. The molecule has 1 aromatic carbocycles. The van der Waals surface area contributed by atoms with Gasteiger partial charge >= 0.3 is 0 Å². The highest BCUT2D eigenvalue weighted by atomic mass is 16.5. The van der Waals surface area contributed by atoms with Crippen molar-refractivity contribution in [3.8, 4) is 11.6 Å². The predicted octanol–water partition coefficient (Wildman–Crippen LogP) is 2.61. The Labute approximate surface area is 141 Å². The van der Waals surface area contributed by atoms with E-state index in [1.54, 1.807) is 32.5 Å². The summed E-state index contributed by atoms with van der Waals surface area (Å²) in [5, 5.41) is 2.86. The van der Waals surface area contributed by atoms with Gasteiger partial charge in [-0.05, 0) is 25.1 Å². The molecule has 0 radical (unpaired) electrons. The van der Waals surface area contributed by atoms with E-state index in [2.05, 4.69) is 10.3 Å². The lowest BCUT2D eigenvalue weighted by Gasteiger charge is -2.19. The summed E-state index contributed by atoms with van der Waals surface area (Å²) in [5.74, 6) is 0.780. The fourth-order valence-electron chi connectivity index (χ4n) is 2.35. The van der Waals surface area contributed by atoms with Gasteiger partial charge in [-0.15, -0.1) is 0 Å². The highest BCUT2D eigenvalue weighted by molar-refractivity contribution is 5.96. The average molecular weight is 330 g/mol. The maximum Gasteiger partial charge on any atom is 0.256 e. The van der Waals surface area contributed by atoms with E-state index in [4.69, 9.17) is 14.2 Å². The monoisotopic (exact) mass is 330 g/mol. The number of amides is 1. The molecule has 128 valence electrons. The third kappa shape index (κ3) is 4.23.